The molecule has 0 bridgehead atoms. The third kappa shape index (κ3) is 2.24. The average Bonchev–Trinajstić information content (AvgIpc) is 2.73. The van der Waals surface area contributed by atoms with Crippen LogP contribution in [0.2, 0.25) is 0 Å². The van der Waals surface area contributed by atoms with Gasteiger partial charge < -0.3 is 9.88 Å². The highest BCUT2D eigenvalue weighted by Crippen LogP contribution is 2.02. The number of nitrogens with one attached hydrogen (secondary N) is 1. The Labute approximate surface area is 114 Å². The van der Waals surface area contributed by atoms with E-state index in [0.29, 0.717) is 11.2 Å². The summed E-state index contributed by atoms with van der Waals surface area (Å²) in [5.74, 6) is -0.374. The molecule has 2 aromatic rings. The number of carbonyl (C=O) groups is 1. The maximum Gasteiger partial charge on any atom is 0.332 e. The molecule has 1 amide bonds. The molecule has 2 aromatic heterocycles. The minimum atomic E-state index is -0.555. The van der Waals surface area contributed by atoms with Crippen molar-refractivity contribution >= 4 is 17.1 Å². The van der Waals surface area contributed by atoms with Gasteiger partial charge in [0.2, 0.25) is 5.91 Å². The van der Waals surface area contributed by atoms with E-state index in [1.807, 2.05) is 13.8 Å². The van der Waals surface area contributed by atoms with Crippen molar-refractivity contribution in [3.8, 4) is 0 Å². The van der Waals surface area contributed by atoms with Gasteiger partial charge in [-0.3, -0.25) is 14.2 Å². The van der Waals surface area contributed by atoms with E-state index < -0.39 is 11.2 Å². The zero-order valence-corrected chi connectivity index (χ0v) is 11.9. The molecule has 8 nitrogen and oxygen atoms in total. The van der Waals surface area contributed by atoms with Gasteiger partial charge in [0, 0.05) is 20.1 Å². The van der Waals surface area contributed by atoms with Crippen LogP contribution in [-0.2, 0) is 25.4 Å². The molecular formula is C12H17N5O3. The SMILES string of the molecule is CC(C)NC(=O)Cn1c(=O)c2c(ncn2C)n(C)c1=O. The molecule has 0 aromatic carbocycles. The monoisotopic (exact) mass is 279 g/mol. The first kappa shape index (κ1) is 14.0. The molecule has 0 saturated heterocycles. The quantitative estimate of drug-likeness (QED) is 0.777. The second-order valence-corrected chi connectivity index (χ2v) is 4.98. The van der Waals surface area contributed by atoms with Crippen molar-refractivity contribution in [1.82, 2.24) is 24.0 Å². The topological polar surface area (TPSA) is 90.9 Å². The number of aromatic nitrogens is 4. The van der Waals surface area contributed by atoms with Gasteiger partial charge in [0.1, 0.15) is 6.54 Å². The third-order valence-electron chi connectivity index (χ3n) is 2.95. The van der Waals surface area contributed by atoms with Crippen molar-refractivity contribution in [3.05, 3.63) is 27.2 Å². The van der Waals surface area contributed by atoms with E-state index in [1.54, 1.807) is 7.05 Å². The van der Waals surface area contributed by atoms with Gasteiger partial charge in [-0.25, -0.2) is 14.3 Å². The molecule has 0 spiro atoms. The summed E-state index contributed by atoms with van der Waals surface area (Å²) in [6, 6.07) is -0.0533. The summed E-state index contributed by atoms with van der Waals surface area (Å²) in [4.78, 5) is 40.2. The molecule has 20 heavy (non-hydrogen) atoms. The second kappa shape index (κ2) is 4.95. The zero-order valence-electron chi connectivity index (χ0n) is 11.9. The first-order valence-electron chi connectivity index (χ1n) is 6.23. The van der Waals surface area contributed by atoms with Gasteiger partial charge in [0.05, 0.1) is 6.33 Å². The number of amides is 1. The number of imidazole rings is 1. The first-order valence-corrected chi connectivity index (χ1v) is 6.23. The van der Waals surface area contributed by atoms with Crippen LogP contribution in [0.5, 0.6) is 0 Å². The number of hydrogen-bond donors (Lipinski definition) is 1. The van der Waals surface area contributed by atoms with E-state index >= 15 is 0 Å². The van der Waals surface area contributed by atoms with Gasteiger partial charge in [-0.05, 0) is 13.8 Å². The summed E-state index contributed by atoms with van der Waals surface area (Å²) in [5.41, 5.74) is -0.463. The molecule has 2 heterocycles. The standard InChI is InChI=1S/C12H17N5O3/c1-7(2)14-8(18)5-17-11(19)9-10(13-6-15(9)3)16(4)12(17)20/h6-7H,5H2,1-4H3,(H,14,18). The van der Waals surface area contributed by atoms with E-state index in [2.05, 4.69) is 10.3 Å². The molecule has 0 aliphatic heterocycles. The van der Waals surface area contributed by atoms with Crippen molar-refractivity contribution in [2.45, 2.75) is 26.4 Å². The summed E-state index contributed by atoms with van der Waals surface area (Å²) in [6.07, 6.45) is 1.46. The lowest BCUT2D eigenvalue weighted by Gasteiger charge is -2.11. The van der Waals surface area contributed by atoms with E-state index in [0.717, 1.165) is 4.57 Å². The Bertz CT molecular complexity index is 781. The van der Waals surface area contributed by atoms with E-state index in [9.17, 15) is 14.4 Å². The molecule has 2 rings (SSSR count). The Balaban J connectivity index is 2.59. The van der Waals surface area contributed by atoms with E-state index in [1.165, 1.54) is 22.5 Å². The maximum atomic E-state index is 12.3. The number of carbonyl (C=O) groups excluding carboxylic acids is 1. The number of nitrogens with zero attached hydrogens (tertiary/aromatic N) is 4. The van der Waals surface area contributed by atoms with Crippen LogP contribution < -0.4 is 16.6 Å². The van der Waals surface area contributed by atoms with Crippen molar-refractivity contribution < 1.29 is 4.79 Å². The van der Waals surface area contributed by atoms with Crippen molar-refractivity contribution in [2.24, 2.45) is 14.1 Å². The fraction of sp³-hybridized carbons (Fsp3) is 0.500. The Morgan fingerprint density at radius 2 is 2.00 bits per heavy atom. The van der Waals surface area contributed by atoms with Gasteiger partial charge in [0.15, 0.2) is 11.2 Å². The highest BCUT2D eigenvalue weighted by atomic mass is 16.2. The lowest BCUT2D eigenvalue weighted by molar-refractivity contribution is -0.122. The molecule has 8 heteroatoms. The van der Waals surface area contributed by atoms with Crippen LogP contribution in [-0.4, -0.2) is 30.6 Å². The molecule has 108 valence electrons. The molecule has 0 aliphatic carbocycles. The van der Waals surface area contributed by atoms with Crippen LogP contribution in [0.15, 0.2) is 15.9 Å². The molecule has 0 unspecified atom stereocenters. The maximum absolute atomic E-state index is 12.3. The summed E-state index contributed by atoms with van der Waals surface area (Å²) in [5, 5.41) is 2.65. The second-order valence-electron chi connectivity index (χ2n) is 4.98. The molecule has 1 N–H and O–H groups in total. The number of hydrogen-bond acceptors (Lipinski definition) is 4. The number of rotatable bonds is 3. The summed E-state index contributed by atoms with van der Waals surface area (Å²) >= 11 is 0. The molecule has 0 saturated carbocycles. The fourth-order valence-corrected chi connectivity index (χ4v) is 2.05. The van der Waals surface area contributed by atoms with Gasteiger partial charge >= 0.3 is 5.69 Å². The Hall–Kier alpha value is -2.38. The minimum Gasteiger partial charge on any atom is -0.352 e. The van der Waals surface area contributed by atoms with Crippen LogP contribution >= 0.6 is 0 Å². The van der Waals surface area contributed by atoms with Crippen molar-refractivity contribution in [3.63, 3.8) is 0 Å². The zero-order chi connectivity index (χ0) is 15.0. The number of fused-ring (bicyclic) bond motifs is 1. The molecule has 0 fully saturated rings. The Morgan fingerprint density at radius 3 is 2.60 bits per heavy atom. The summed E-state index contributed by atoms with van der Waals surface area (Å²) in [7, 11) is 3.19. The molecule has 0 aliphatic rings. The molecule has 0 radical (unpaired) electrons. The third-order valence-corrected chi connectivity index (χ3v) is 2.95. The van der Waals surface area contributed by atoms with Crippen LogP contribution in [0, 0.1) is 0 Å². The normalized spacial score (nSPS) is 11.2. The predicted molar refractivity (Wildman–Crippen MR) is 73.5 cm³/mol. The molecular weight excluding hydrogens is 262 g/mol. The summed E-state index contributed by atoms with van der Waals surface area (Å²) in [6.45, 7) is 3.32. The lowest BCUT2D eigenvalue weighted by atomic mass is 10.4. The Morgan fingerprint density at radius 1 is 1.35 bits per heavy atom. The van der Waals surface area contributed by atoms with Gasteiger partial charge in [-0.2, -0.15) is 0 Å². The Kier molecular flexibility index (Phi) is 3.47. The first-order chi connectivity index (χ1) is 9.32. The lowest BCUT2D eigenvalue weighted by Crippen LogP contribution is -2.44. The summed E-state index contributed by atoms with van der Waals surface area (Å²) < 4.78 is 3.72. The van der Waals surface area contributed by atoms with Crippen molar-refractivity contribution in [2.75, 3.05) is 0 Å². The van der Waals surface area contributed by atoms with Crippen LogP contribution in [0.1, 0.15) is 13.8 Å². The van der Waals surface area contributed by atoms with Crippen molar-refractivity contribution in [1.29, 1.82) is 0 Å². The fourth-order valence-electron chi connectivity index (χ4n) is 2.05. The smallest absolute Gasteiger partial charge is 0.332 e. The largest absolute Gasteiger partial charge is 0.352 e. The van der Waals surface area contributed by atoms with Crippen LogP contribution in [0.4, 0.5) is 0 Å². The highest BCUT2D eigenvalue weighted by molar-refractivity contribution is 5.76. The van der Waals surface area contributed by atoms with E-state index in [-0.39, 0.29) is 18.5 Å². The van der Waals surface area contributed by atoms with Gasteiger partial charge in [-0.15, -0.1) is 0 Å². The predicted octanol–water partition coefficient (Wildman–Crippen LogP) is -1.04. The van der Waals surface area contributed by atoms with Crippen LogP contribution in [0.3, 0.4) is 0 Å². The average molecular weight is 279 g/mol. The van der Waals surface area contributed by atoms with Gasteiger partial charge in [-0.1, -0.05) is 0 Å². The van der Waals surface area contributed by atoms with Crippen LogP contribution in [0.25, 0.3) is 11.2 Å². The van der Waals surface area contributed by atoms with Gasteiger partial charge in [0.25, 0.3) is 5.56 Å². The molecule has 0 atom stereocenters. The minimum absolute atomic E-state index is 0.0533. The van der Waals surface area contributed by atoms with E-state index in [4.69, 9.17) is 0 Å². The number of aryl methyl sites for hydroxylation is 2. The highest BCUT2D eigenvalue weighted by Gasteiger charge is 2.16.